The van der Waals surface area contributed by atoms with E-state index in [4.69, 9.17) is 5.11 Å². The number of Topliss-reactive ketones (excluding diaryl/α,β-unsaturated/α-hetero) is 2. The summed E-state index contributed by atoms with van der Waals surface area (Å²) in [4.78, 5) is 23.9. The Morgan fingerprint density at radius 3 is 2.25 bits per heavy atom. The van der Waals surface area contributed by atoms with E-state index >= 15 is 0 Å². The normalized spacial score (nSPS) is 12.0. The highest BCUT2D eigenvalue weighted by molar-refractivity contribution is 5.99. The molecule has 2 aromatic rings. The van der Waals surface area contributed by atoms with Gasteiger partial charge in [-0.25, -0.2) is 4.39 Å². The smallest absolute Gasteiger partial charge is 0.164 e. The summed E-state index contributed by atoms with van der Waals surface area (Å²) in [5.74, 6) is 8.70. The zero-order chi connectivity index (χ0) is 20.5. The van der Waals surface area contributed by atoms with E-state index in [2.05, 4.69) is 23.7 Å². The van der Waals surface area contributed by atoms with Crippen molar-refractivity contribution in [2.45, 2.75) is 19.4 Å². The Labute approximate surface area is 163 Å². The number of benzene rings is 2. The molecule has 0 heterocycles. The minimum atomic E-state index is -1.02. The topological polar surface area (TPSA) is 74.6 Å². The summed E-state index contributed by atoms with van der Waals surface area (Å²) in [7, 11) is 0. The van der Waals surface area contributed by atoms with Gasteiger partial charge in [-0.1, -0.05) is 30.0 Å². The molecule has 2 atom stereocenters. The van der Waals surface area contributed by atoms with E-state index in [1.165, 1.54) is 19.1 Å². The predicted molar refractivity (Wildman–Crippen MR) is 103 cm³/mol. The largest absolute Gasteiger partial charge is 0.393 e. The lowest BCUT2D eigenvalue weighted by molar-refractivity contribution is -0.128. The number of aliphatic hydroxyl groups excluding tert-OH is 2. The quantitative estimate of drug-likeness (QED) is 0.598. The second kappa shape index (κ2) is 10.2. The lowest BCUT2D eigenvalue weighted by Crippen LogP contribution is -2.30. The van der Waals surface area contributed by atoms with E-state index in [9.17, 15) is 19.1 Å². The molecule has 0 amide bonds. The second-order valence-electron chi connectivity index (χ2n) is 6.19. The maximum atomic E-state index is 13.1. The van der Waals surface area contributed by atoms with Crippen molar-refractivity contribution in [3.05, 3.63) is 71.0 Å². The van der Waals surface area contributed by atoms with Crippen molar-refractivity contribution in [1.82, 2.24) is 0 Å². The molecule has 0 aromatic heterocycles. The molecule has 5 heteroatoms. The fraction of sp³-hybridized carbons (Fsp3) is 0.217. The van der Waals surface area contributed by atoms with Gasteiger partial charge in [0.2, 0.25) is 0 Å². The molecule has 0 saturated carbocycles. The van der Waals surface area contributed by atoms with Crippen molar-refractivity contribution in [2.24, 2.45) is 5.92 Å². The Morgan fingerprint density at radius 1 is 1.04 bits per heavy atom. The molecule has 0 aliphatic heterocycles. The summed E-state index contributed by atoms with van der Waals surface area (Å²) in [5.41, 5.74) is 1.55. The molecule has 0 fully saturated rings. The van der Waals surface area contributed by atoms with Crippen LogP contribution >= 0.6 is 0 Å². The Bertz CT molecular complexity index is 969. The highest BCUT2D eigenvalue weighted by Crippen LogP contribution is 2.15. The summed E-state index contributed by atoms with van der Waals surface area (Å²) in [6.45, 7) is 0.698. The molecule has 0 aliphatic rings. The van der Waals surface area contributed by atoms with Gasteiger partial charge in [-0.2, -0.15) is 0 Å². The zero-order valence-electron chi connectivity index (χ0n) is 15.3. The monoisotopic (exact) mass is 378 g/mol. The van der Waals surface area contributed by atoms with Crippen molar-refractivity contribution in [2.75, 3.05) is 6.61 Å². The highest BCUT2D eigenvalue weighted by Gasteiger charge is 2.26. The molecule has 2 aromatic carbocycles. The first kappa shape index (κ1) is 21.1. The maximum absolute atomic E-state index is 13.1. The van der Waals surface area contributed by atoms with Gasteiger partial charge in [0.1, 0.15) is 12.4 Å². The molecule has 0 radical (unpaired) electrons. The molecular formula is C23H19FO4. The molecule has 28 heavy (non-hydrogen) atoms. The Hall–Kier alpha value is -3.25. The Balaban J connectivity index is 2.04. The Morgan fingerprint density at radius 2 is 1.68 bits per heavy atom. The first-order valence-electron chi connectivity index (χ1n) is 8.63. The van der Waals surface area contributed by atoms with Crippen LogP contribution in [0.5, 0.6) is 0 Å². The van der Waals surface area contributed by atoms with Crippen LogP contribution in [-0.4, -0.2) is 34.5 Å². The standard InChI is InChI=1S/C23H19FO4/c1-16(26)21(23(28)15-25)14-22(27)19-11-9-17(10-12-19)5-2-3-6-18-7-4-8-20(24)13-18/h4,7-13,16,21,25-26H,14-15H2,1H3/t16-,21+/m1/s1. The van der Waals surface area contributed by atoms with E-state index in [0.717, 1.165) is 0 Å². The van der Waals surface area contributed by atoms with Gasteiger partial charge in [0.15, 0.2) is 11.6 Å². The minimum absolute atomic E-state index is 0.179. The van der Waals surface area contributed by atoms with Crippen LogP contribution in [-0.2, 0) is 4.79 Å². The third kappa shape index (κ3) is 6.17. The van der Waals surface area contributed by atoms with Gasteiger partial charge in [-0.15, -0.1) is 0 Å². The van der Waals surface area contributed by atoms with E-state index in [1.807, 2.05) is 0 Å². The fourth-order valence-corrected chi connectivity index (χ4v) is 2.50. The molecule has 0 saturated heterocycles. The van der Waals surface area contributed by atoms with Gasteiger partial charge in [-0.05, 0) is 49.1 Å². The van der Waals surface area contributed by atoms with Crippen molar-refractivity contribution < 1.29 is 24.2 Å². The van der Waals surface area contributed by atoms with Crippen LogP contribution in [0, 0.1) is 35.4 Å². The SMILES string of the molecule is C[C@@H](O)[C@H](CC(=O)c1ccc(C#CC#Cc2cccc(F)c2)cc1)C(=O)CO. The van der Waals surface area contributed by atoms with Crippen molar-refractivity contribution in [3.8, 4) is 23.7 Å². The highest BCUT2D eigenvalue weighted by atomic mass is 19.1. The summed E-state index contributed by atoms with van der Waals surface area (Å²) >= 11 is 0. The summed E-state index contributed by atoms with van der Waals surface area (Å²) in [6.07, 6.45) is -1.20. The van der Waals surface area contributed by atoms with Crippen LogP contribution in [0.15, 0.2) is 48.5 Å². The number of ketones is 2. The number of aliphatic hydroxyl groups is 2. The molecule has 0 bridgehead atoms. The molecule has 2 N–H and O–H groups in total. The first-order valence-corrected chi connectivity index (χ1v) is 8.63. The zero-order valence-corrected chi connectivity index (χ0v) is 15.3. The molecular weight excluding hydrogens is 359 g/mol. The molecule has 142 valence electrons. The van der Waals surface area contributed by atoms with E-state index in [0.29, 0.717) is 16.7 Å². The van der Waals surface area contributed by atoms with Crippen LogP contribution in [0.2, 0.25) is 0 Å². The summed E-state index contributed by atoms with van der Waals surface area (Å²) in [6, 6.07) is 12.4. The van der Waals surface area contributed by atoms with Gasteiger partial charge in [-0.3, -0.25) is 9.59 Å². The Kier molecular flexibility index (Phi) is 7.65. The third-order valence-corrected chi connectivity index (χ3v) is 4.06. The molecule has 4 nitrogen and oxygen atoms in total. The van der Waals surface area contributed by atoms with Gasteiger partial charge in [0, 0.05) is 23.1 Å². The van der Waals surface area contributed by atoms with Gasteiger partial charge in [0.05, 0.1) is 12.0 Å². The fourth-order valence-electron chi connectivity index (χ4n) is 2.50. The molecule has 0 spiro atoms. The van der Waals surface area contributed by atoms with Gasteiger partial charge < -0.3 is 10.2 Å². The molecule has 0 unspecified atom stereocenters. The number of hydrogen-bond acceptors (Lipinski definition) is 4. The number of carbonyl (C=O) groups is 2. The van der Waals surface area contributed by atoms with Crippen LogP contribution < -0.4 is 0 Å². The average molecular weight is 378 g/mol. The number of carbonyl (C=O) groups excluding carboxylic acids is 2. The van der Waals surface area contributed by atoms with E-state index in [1.54, 1.807) is 36.4 Å². The maximum Gasteiger partial charge on any atom is 0.164 e. The lowest BCUT2D eigenvalue weighted by atomic mass is 9.90. The van der Waals surface area contributed by atoms with Crippen LogP contribution in [0.25, 0.3) is 0 Å². The number of rotatable bonds is 6. The van der Waals surface area contributed by atoms with Crippen LogP contribution in [0.4, 0.5) is 4.39 Å². The average Bonchev–Trinajstić information content (AvgIpc) is 2.69. The van der Waals surface area contributed by atoms with Crippen molar-refractivity contribution in [1.29, 1.82) is 0 Å². The van der Waals surface area contributed by atoms with Crippen LogP contribution in [0.3, 0.4) is 0 Å². The first-order chi connectivity index (χ1) is 13.4. The van der Waals surface area contributed by atoms with E-state index in [-0.39, 0.29) is 18.0 Å². The second-order valence-corrected chi connectivity index (χ2v) is 6.19. The van der Waals surface area contributed by atoms with E-state index < -0.39 is 24.4 Å². The number of hydrogen-bond donors (Lipinski definition) is 2. The van der Waals surface area contributed by atoms with Crippen molar-refractivity contribution in [3.63, 3.8) is 0 Å². The van der Waals surface area contributed by atoms with Crippen LogP contribution in [0.1, 0.15) is 34.8 Å². The molecule has 0 aliphatic carbocycles. The summed E-state index contributed by atoms with van der Waals surface area (Å²) in [5, 5.41) is 18.6. The van der Waals surface area contributed by atoms with Gasteiger partial charge >= 0.3 is 0 Å². The minimum Gasteiger partial charge on any atom is -0.393 e. The van der Waals surface area contributed by atoms with Crippen molar-refractivity contribution >= 4 is 11.6 Å². The predicted octanol–water partition coefficient (Wildman–Crippen LogP) is 2.36. The third-order valence-electron chi connectivity index (χ3n) is 4.06. The summed E-state index contributed by atoms with van der Waals surface area (Å²) < 4.78 is 13.1. The lowest BCUT2D eigenvalue weighted by Gasteiger charge is -2.16. The van der Waals surface area contributed by atoms with Gasteiger partial charge in [0.25, 0.3) is 0 Å². The number of halogens is 1. The molecule has 2 rings (SSSR count).